The third kappa shape index (κ3) is 3.94. The predicted octanol–water partition coefficient (Wildman–Crippen LogP) is 2.36. The molecular weight excluding hydrogens is 332 g/mol. The van der Waals surface area contributed by atoms with Crippen molar-refractivity contribution < 1.29 is 14.3 Å². The van der Waals surface area contributed by atoms with Gasteiger partial charge in [-0.2, -0.15) is 5.10 Å². The first kappa shape index (κ1) is 17.3. The van der Waals surface area contributed by atoms with Gasteiger partial charge in [0.15, 0.2) is 0 Å². The van der Waals surface area contributed by atoms with Crippen LogP contribution in [0.4, 0.5) is 0 Å². The number of hydrogen-bond acceptors (Lipinski definition) is 5. The second-order valence-corrected chi connectivity index (χ2v) is 5.47. The SMILES string of the molecule is CCOC(=O)Cn1cc(/C=N\NC(=O)c2ccncc2)c2ccccc21. The standard InChI is InChI=1S/C19H18N4O3/c1-2-26-18(24)13-23-12-15(16-5-3-4-6-17(16)23)11-21-22-19(25)14-7-9-20-10-8-14/h3-12H,2,13H2,1H3,(H,22,25)/b21-11-. The van der Waals surface area contributed by atoms with Crippen LogP contribution >= 0.6 is 0 Å². The summed E-state index contributed by atoms with van der Waals surface area (Å²) in [7, 11) is 0. The molecular formula is C19H18N4O3. The molecule has 0 saturated carbocycles. The molecule has 2 heterocycles. The predicted molar refractivity (Wildman–Crippen MR) is 97.9 cm³/mol. The second kappa shape index (κ2) is 8.06. The molecule has 132 valence electrons. The van der Waals surface area contributed by atoms with Crippen molar-refractivity contribution in [3.05, 3.63) is 66.1 Å². The van der Waals surface area contributed by atoms with Gasteiger partial charge in [0.25, 0.3) is 5.91 Å². The fraction of sp³-hybridized carbons (Fsp3) is 0.158. The van der Waals surface area contributed by atoms with E-state index < -0.39 is 0 Å². The number of nitrogens with one attached hydrogen (secondary N) is 1. The smallest absolute Gasteiger partial charge is 0.325 e. The third-order valence-electron chi connectivity index (χ3n) is 3.74. The lowest BCUT2D eigenvalue weighted by molar-refractivity contribution is -0.143. The Morgan fingerprint density at radius 1 is 1.23 bits per heavy atom. The Labute approximate surface area is 150 Å². The molecule has 0 spiro atoms. The zero-order chi connectivity index (χ0) is 18.4. The molecule has 7 heteroatoms. The minimum atomic E-state index is -0.320. The molecule has 0 unspecified atom stereocenters. The number of aromatic nitrogens is 2. The normalized spacial score (nSPS) is 11.0. The lowest BCUT2D eigenvalue weighted by Crippen LogP contribution is -2.17. The fourth-order valence-corrected chi connectivity index (χ4v) is 2.58. The van der Waals surface area contributed by atoms with Crippen LogP contribution < -0.4 is 5.43 Å². The zero-order valence-electron chi connectivity index (χ0n) is 14.3. The van der Waals surface area contributed by atoms with Crippen LogP contribution in [0, 0.1) is 0 Å². The summed E-state index contributed by atoms with van der Waals surface area (Å²) in [5.74, 6) is -0.623. The molecule has 0 saturated heterocycles. The van der Waals surface area contributed by atoms with Gasteiger partial charge in [-0.15, -0.1) is 0 Å². The van der Waals surface area contributed by atoms with E-state index in [-0.39, 0.29) is 18.4 Å². The lowest BCUT2D eigenvalue weighted by Gasteiger charge is -2.04. The summed E-state index contributed by atoms with van der Waals surface area (Å²) in [5.41, 5.74) is 4.64. The first-order valence-electron chi connectivity index (χ1n) is 8.16. The summed E-state index contributed by atoms with van der Waals surface area (Å²) in [4.78, 5) is 27.7. The van der Waals surface area contributed by atoms with E-state index in [1.807, 2.05) is 30.5 Å². The molecule has 0 fully saturated rings. The van der Waals surface area contributed by atoms with E-state index >= 15 is 0 Å². The number of pyridine rings is 1. The Balaban J connectivity index is 1.79. The van der Waals surface area contributed by atoms with Crippen molar-refractivity contribution in [3.8, 4) is 0 Å². The number of hydrazone groups is 1. The average Bonchev–Trinajstić information content (AvgIpc) is 3.00. The summed E-state index contributed by atoms with van der Waals surface area (Å²) < 4.78 is 6.81. The highest BCUT2D eigenvalue weighted by atomic mass is 16.5. The highest BCUT2D eigenvalue weighted by Crippen LogP contribution is 2.20. The van der Waals surface area contributed by atoms with Crippen LogP contribution in [-0.4, -0.2) is 34.2 Å². The number of esters is 1. The molecule has 0 atom stereocenters. The Morgan fingerprint density at radius 3 is 2.77 bits per heavy atom. The van der Waals surface area contributed by atoms with Crippen LogP contribution in [0.15, 0.2) is 60.1 Å². The van der Waals surface area contributed by atoms with Crippen molar-refractivity contribution in [1.29, 1.82) is 0 Å². The van der Waals surface area contributed by atoms with Gasteiger partial charge in [-0.25, -0.2) is 5.43 Å². The molecule has 3 rings (SSSR count). The van der Waals surface area contributed by atoms with Gasteiger partial charge < -0.3 is 9.30 Å². The number of carbonyl (C=O) groups excluding carboxylic acids is 2. The highest BCUT2D eigenvalue weighted by Gasteiger charge is 2.10. The first-order valence-corrected chi connectivity index (χ1v) is 8.16. The van der Waals surface area contributed by atoms with Crippen LogP contribution in [0.5, 0.6) is 0 Å². The van der Waals surface area contributed by atoms with E-state index in [0.29, 0.717) is 12.2 Å². The molecule has 0 aliphatic carbocycles. The molecule has 7 nitrogen and oxygen atoms in total. The van der Waals surface area contributed by atoms with Crippen LogP contribution in [-0.2, 0) is 16.1 Å². The number of fused-ring (bicyclic) bond motifs is 1. The van der Waals surface area contributed by atoms with Crippen LogP contribution in [0.25, 0.3) is 10.9 Å². The number of rotatable bonds is 6. The number of hydrogen-bond donors (Lipinski definition) is 1. The molecule has 1 amide bonds. The summed E-state index contributed by atoms with van der Waals surface area (Å²) in [6.45, 7) is 2.23. The molecule has 1 N–H and O–H groups in total. The van der Waals surface area contributed by atoms with Crippen molar-refractivity contribution in [1.82, 2.24) is 15.0 Å². The first-order chi connectivity index (χ1) is 12.7. The van der Waals surface area contributed by atoms with E-state index in [0.717, 1.165) is 16.5 Å². The maximum atomic E-state index is 12.0. The topological polar surface area (TPSA) is 85.6 Å². The van der Waals surface area contributed by atoms with Gasteiger partial charge in [0.05, 0.1) is 12.8 Å². The Kier molecular flexibility index (Phi) is 5.38. The maximum absolute atomic E-state index is 12.0. The van der Waals surface area contributed by atoms with Gasteiger partial charge in [-0.3, -0.25) is 14.6 Å². The minimum absolute atomic E-state index is 0.117. The van der Waals surface area contributed by atoms with Gasteiger partial charge in [-0.1, -0.05) is 18.2 Å². The number of para-hydroxylation sites is 1. The number of benzene rings is 1. The lowest BCUT2D eigenvalue weighted by atomic mass is 10.2. The Hall–Kier alpha value is -3.48. The quantitative estimate of drug-likeness (QED) is 0.420. The second-order valence-electron chi connectivity index (χ2n) is 5.47. The summed E-state index contributed by atoms with van der Waals surface area (Å²) in [6.07, 6.45) is 6.45. The van der Waals surface area contributed by atoms with Crippen LogP contribution in [0.2, 0.25) is 0 Å². The monoisotopic (exact) mass is 350 g/mol. The van der Waals surface area contributed by atoms with Crippen molar-refractivity contribution >= 4 is 29.0 Å². The molecule has 0 bridgehead atoms. The van der Waals surface area contributed by atoms with Gasteiger partial charge in [0, 0.05) is 40.6 Å². The molecule has 26 heavy (non-hydrogen) atoms. The summed E-state index contributed by atoms with van der Waals surface area (Å²) >= 11 is 0. The zero-order valence-corrected chi connectivity index (χ0v) is 14.3. The Morgan fingerprint density at radius 2 is 2.00 bits per heavy atom. The third-order valence-corrected chi connectivity index (χ3v) is 3.74. The molecule has 0 aliphatic heterocycles. The highest BCUT2D eigenvalue weighted by molar-refractivity contribution is 6.00. The van der Waals surface area contributed by atoms with E-state index in [2.05, 4.69) is 15.5 Å². The van der Waals surface area contributed by atoms with E-state index in [9.17, 15) is 9.59 Å². The number of amides is 1. The fourth-order valence-electron chi connectivity index (χ4n) is 2.58. The molecule has 0 aliphatic rings. The number of nitrogens with zero attached hydrogens (tertiary/aromatic N) is 3. The minimum Gasteiger partial charge on any atom is -0.465 e. The largest absolute Gasteiger partial charge is 0.465 e. The number of carbonyl (C=O) groups is 2. The van der Waals surface area contributed by atoms with E-state index in [1.54, 1.807) is 42.2 Å². The molecule has 0 radical (unpaired) electrons. The van der Waals surface area contributed by atoms with Gasteiger partial charge in [-0.05, 0) is 25.1 Å². The van der Waals surface area contributed by atoms with Gasteiger partial charge in [0.2, 0.25) is 0 Å². The van der Waals surface area contributed by atoms with Crippen LogP contribution in [0.1, 0.15) is 22.8 Å². The van der Waals surface area contributed by atoms with E-state index in [4.69, 9.17) is 4.74 Å². The molecule has 2 aromatic heterocycles. The molecule has 3 aromatic rings. The van der Waals surface area contributed by atoms with Gasteiger partial charge in [0.1, 0.15) is 6.54 Å². The van der Waals surface area contributed by atoms with Crippen LogP contribution in [0.3, 0.4) is 0 Å². The molecule has 1 aromatic carbocycles. The van der Waals surface area contributed by atoms with Crippen molar-refractivity contribution in [2.45, 2.75) is 13.5 Å². The summed E-state index contributed by atoms with van der Waals surface area (Å²) in [5, 5.41) is 4.95. The Bertz CT molecular complexity index is 948. The average molecular weight is 350 g/mol. The maximum Gasteiger partial charge on any atom is 0.325 e. The summed E-state index contributed by atoms with van der Waals surface area (Å²) in [6, 6.07) is 10.9. The van der Waals surface area contributed by atoms with Crippen molar-refractivity contribution in [2.75, 3.05) is 6.61 Å². The van der Waals surface area contributed by atoms with Crippen molar-refractivity contribution in [3.63, 3.8) is 0 Å². The van der Waals surface area contributed by atoms with Gasteiger partial charge >= 0.3 is 5.97 Å². The van der Waals surface area contributed by atoms with Crippen molar-refractivity contribution in [2.24, 2.45) is 5.10 Å². The van der Waals surface area contributed by atoms with E-state index in [1.165, 1.54) is 0 Å². The number of ether oxygens (including phenoxy) is 1.